The van der Waals surface area contributed by atoms with Gasteiger partial charge in [-0.25, -0.2) is 9.97 Å². The zero-order chi connectivity index (χ0) is 20.4. The van der Waals surface area contributed by atoms with Crippen LogP contribution in [0.2, 0.25) is 0 Å². The largest absolute Gasteiger partial charge is 0.424 e. The Labute approximate surface area is 170 Å². The fourth-order valence-corrected chi connectivity index (χ4v) is 4.21. The van der Waals surface area contributed by atoms with Crippen molar-refractivity contribution in [3.63, 3.8) is 0 Å². The van der Waals surface area contributed by atoms with E-state index in [0.717, 1.165) is 60.4 Å². The fraction of sp³-hybridized carbons (Fsp3) is 0.409. The number of nitrogens with two attached hydrogens (primary N) is 2. The molecule has 1 aliphatic rings. The number of aromatic nitrogens is 3. The number of nitrogens with zero attached hydrogens (tertiary/aromatic N) is 3. The molecule has 7 nitrogen and oxygen atoms in total. The maximum Gasteiger partial charge on any atom is 0.292 e. The Bertz CT molecular complexity index is 1020. The molecule has 1 saturated heterocycles. The molecule has 1 aliphatic heterocycles. The first-order valence-corrected chi connectivity index (χ1v) is 10.1. The summed E-state index contributed by atoms with van der Waals surface area (Å²) >= 11 is 0. The Morgan fingerprint density at radius 2 is 2.03 bits per heavy atom. The fourth-order valence-electron chi connectivity index (χ4n) is 4.21. The van der Waals surface area contributed by atoms with E-state index in [-0.39, 0.29) is 6.01 Å². The number of allylic oxidation sites excluding steroid dienone is 1. The number of nitrogen functional groups attached to an aromatic ring is 2. The van der Waals surface area contributed by atoms with Crippen molar-refractivity contribution < 1.29 is 9.15 Å². The Hall–Kier alpha value is -2.93. The van der Waals surface area contributed by atoms with Crippen LogP contribution in [0.3, 0.4) is 0 Å². The van der Waals surface area contributed by atoms with Crippen molar-refractivity contribution in [2.45, 2.75) is 33.1 Å². The van der Waals surface area contributed by atoms with Gasteiger partial charge < -0.3 is 20.6 Å². The van der Waals surface area contributed by atoms with Gasteiger partial charge in [0, 0.05) is 18.8 Å². The lowest BCUT2D eigenvalue weighted by Crippen LogP contribution is -2.22. The number of ether oxygens (including phenoxy) is 1. The molecule has 1 atom stereocenters. The van der Waals surface area contributed by atoms with Crippen molar-refractivity contribution in [2.24, 2.45) is 11.8 Å². The Balaban J connectivity index is 1.85. The van der Waals surface area contributed by atoms with Crippen molar-refractivity contribution in [1.82, 2.24) is 15.0 Å². The summed E-state index contributed by atoms with van der Waals surface area (Å²) in [5.74, 6) is 1.47. The van der Waals surface area contributed by atoms with Gasteiger partial charge in [-0.1, -0.05) is 19.1 Å². The van der Waals surface area contributed by atoms with Gasteiger partial charge in [0.25, 0.3) is 6.01 Å². The predicted molar refractivity (Wildman–Crippen MR) is 114 cm³/mol. The number of hydrogen-bond donors (Lipinski definition) is 2. The molecule has 1 aromatic carbocycles. The van der Waals surface area contributed by atoms with Gasteiger partial charge in [0.1, 0.15) is 17.7 Å². The van der Waals surface area contributed by atoms with Crippen LogP contribution in [0, 0.1) is 18.8 Å². The van der Waals surface area contributed by atoms with Crippen LogP contribution in [0.4, 0.5) is 11.8 Å². The van der Waals surface area contributed by atoms with E-state index in [1.165, 1.54) is 6.33 Å². The quantitative estimate of drug-likeness (QED) is 0.674. The normalized spacial score (nSPS) is 17.0. The molecule has 0 spiro atoms. The first kappa shape index (κ1) is 19.4. The third-order valence-electron chi connectivity index (χ3n) is 5.77. The first-order valence-electron chi connectivity index (χ1n) is 10.1. The highest BCUT2D eigenvalue weighted by molar-refractivity contribution is 5.89. The Kier molecular flexibility index (Phi) is 5.49. The molecule has 2 aromatic heterocycles. The van der Waals surface area contributed by atoms with Gasteiger partial charge in [-0.05, 0) is 61.3 Å². The molecule has 0 bridgehead atoms. The SMILES string of the molecule is CCC(C=C(c1ccc2oc(N)nc2c1)c1c(C)ncnc1N)C1CCOCC1. The minimum atomic E-state index is 0.162. The highest BCUT2D eigenvalue weighted by atomic mass is 16.5. The standard InChI is InChI=1S/C22H27N5O2/c1-3-14(15-6-8-28-9-7-15)10-17(20-13(2)25-12-26-21(20)23)16-4-5-19-18(11-16)27-22(24)29-19/h4-5,10-12,14-15H,3,6-9H2,1-2H3,(H2,24,27)(H2,23,25,26). The number of hydrogen-bond acceptors (Lipinski definition) is 7. The lowest BCUT2D eigenvalue weighted by atomic mass is 9.81. The third-order valence-corrected chi connectivity index (χ3v) is 5.77. The number of rotatable bonds is 5. The topological polar surface area (TPSA) is 113 Å². The minimum absolute atomic E-state index is 0.162. The molecule has 29 heavy (non-hydrogen) atoms. The van der Waals surface area contributed by atoms with Crippen LogP contribution >= 0.6 is 0 Å². The van der Waals surface area contributed by atoms with E-state index in [1.807, 2.05) is 25.1 Å². The van der Waals surface area contributed by atoms with Crippen molar-refractivity contribution in [3.05, 3.63) is 47.4 Å². The van der Waals surface area contributed by atoms with Crippen molar-refractivity contribution in [3.8, 4) is 0 Å². The molecule has 7 heteroatoms. The van der Waals surface area contributed by atoms with Crippen LogP contribution < -0.4 is 11.5 Å². The summed E-state index contributed by atoms with van der Waals surface area (Å²) < 4.78 is 11.0. The van der Waals surface area contributed by atoms with Crippen molar-refractivity contribution in [1.29, 1.82) is 0 Å². The number of fused-ring (bicyclic) bond motifs is 1. The van der Waals surface area contributed by atoms with Crippen LogP contribution in [0.1, 0.15) is 43.0 Å². The van der Waals surface area contributed by atoms with E-state index in [9.17, 15) is 0 Å². The number of oxazole rings is 1. The summed E-state index contributed by atoms with van der Waals surface area (Å²) in [6.45, 7) is 5.84. The average molecular weight is 393 g/mol. The second-order valence-corrected chi connectivity index (χ2v) is 7.56. The van der Waals surface area contributed by atoms with Crippen molar-refractivity contribution >= 4 is 28.5 Å². The summed E-state index contributed by atoms with van der Waals surface area (Å²) in [6, 6.07) is 6.06. The number of aryl methyl sites for hydroxylation is 1. The molecule has 3 heterocycles. The molecule has 1 fully saturated rings. The maximum absolute atomic E-state index is 6.31. The summed E-state index contributed by atoms with van der Waals surface area (Å²) in [7, 11) is 0. The lowest BCUT2D eigenvalue weighted by molar-refractivity contribution is 0.0533. The summed E-state index contributed by atoms with van der Waals surface area (Å²) in [4.78, 5) is 12.9. The molecule has 0 saturated carbocycles. The van der Waals surface area contributed by atoms with E-state index in [0.29, 0.717) is 23.2 Å². The van der Waals surface area contributed by atoms with Gasteiger partial charge in [0.15, 0.2) is 5.58 Å². The zero-order valence-corrected chi connectivity index (χ0v) is 16.9. The van der Waals surface area contributed by atoms with Gasteiger partial charge in [0.2, 0.25) is 0 Å². The van der Waals surface area contributed by atoms with Gasteiger partial charge in [-0.15, -0.1) is 0 Å². The van der Waals surface area contributed by atoms with Crippen LogP contribution in [0.15, 0.2) is 35.0 Å². The van der Waals surface area contributed by atoms with E-state index in [1.54, 1.807) is 0 Å². The molecular weight excluding hydrogens is 366 g/mol. The number of benzene rings is 1. The lowest BCUT2D eigenvalue weighted by Gasteiger charge is -2.28. The molecule has 3 aromatic rings. The molecule has 0 amide bonds. The van der Waals surface area contributed by atoms with Gasteiger partial charge >= 0.3 is 0 Å². The molecule has 4 rings (SSSR count). The van der Waals surface area contributed by atoms with Gasteiger partial charge in [0.05, 0.1) is 5.69 Å². The molecular formula is C22H27N5O2. The van der Waals surface area contributed by atoms with Gasteiger partial charge in [-0.2, -0.15) is 4.98 Å². The van der Waals surface area contributed by atoms with Crippen LogP contribution in [0.5, 0.6) is 0 Å². The summed E-state index contributed by atoms with van der Waals surface area (Å²) in [6.07, 6.45) is 7.02. The maximum atomic E-state index is 6.31. The molecule has 0 aliphatic carbocycles. The highest BCUT2D eigenvalue weighted by Crippen LogP contribution is 2.36. The van der Waals surface area contributed by atoms with E-state index < -0.39 is 0 Å². The molecule has 152 valence electrons. The average Bonchev–Trinajstić information content (AvgIpc) is 3.10. The summed E-state index contributed by atoms with van der Waals surface area (Å²) in [5.41, 5.74) is 17.2. The molecule has 0 radical (unpaired) electrons. The Morgan fingerprint density at radius 3 is 2.76 bits per heavy atom. The second-order valence-electron chi connectivity index (χ2n) is 7.56. The monoisotopic (exact) mass is 393 g/mol. The van der Waals surface area contributed by atoms with E-state index in [2.05, 4.69) is 28.0 Å². The third kappa shape index (κ3) is 3.96. The van der Waals surface area contributed by atoms with Crippen LogP contribution in [0.25, 0.3) is 16.7 Å². The van der Waals surface area contributed by atoms with Gasteiger partial charge in [-0.3, -0.25) is 0 Å². The molecule has 4 N–H and O–H groups in total. The number of anilines is 2. The van der Waals surface area contributed by atoms with Crippen LogP contribution in [-0.2, 0) is 4.74 Å². The van der Waals surface area contributed by atoms with Crippen LogP contribution in [-0.4, -0.2) is 28.2 Å². The first-order chi connectivity index (χ1) is 14.1. The molecule has 1 unspecified atom stereocenters. The van der Waals surface area contributed by atoms with E-state index in [4.69, 9.17) is 20.6 Å². The Morgan fingerprint density at radius 1 is 1.24 bits per heavy atom. The zero-order valence-electron chi connectivity index (χ0n) is 16.9. The smallest absolute Gasteiger partial charge is 0.292 e. The second kappa shape index (κ2) is 8.21. The highest BCUT2D eigenvalue weighted by Gasteiger charge is 2.24. The minimum Gasteiger partial charge on any atom is -0.424 e. The predicted octanol–water partition coefficient (Wildman–Crippen LogP) is 3.98. The van der Waals surface area contributed by atoms with E-state index >= 15 is 0 Å². The van der Waals surface area contributed by atoms with Crippen molar-refractivity contribution in [2.75, 3.05) is 24.7 Å². The summed E-state index contributed by atoms with van der Waals surface area (Å²) in [5, 5.41) is 0.